The van der Waals surface area contributed by atoms with Gasteiger partial charge in [0.05, 0.1) is 18.2 Å². The minimum Gasteiger partial charge on any atom is -0.372 e. The molecule has 0 aromatic rings. The second-order valence-electron chi connectivity index (χ2n) is 5.90. The maximum Gasteiger partial charge on any atom is 0.194 e. The van der Waals surface area contributed by atoms with Gasteiger partial charge in [0.25, 0.3) is 0 Å². The Balaban J connectivity index is 2.48. The fraction of sp³-hybridized carbons (Fsp3) is 0.800. The fourth-order valence-electron chi connectivity index (χ4n) is 2.26. The molecular formula is C15H29N3O. The average Bonchev–Trinajstić information content (AvgIpc) is 2.34. The fourth-order valence-corrected chi connectivity index (χ4v) is 2.26. The van der Waals surface area contributed by atoms with E-state index in [1.165, 1.54) is 0 Å². The van der Waals surface area contributed by atoms with Crippen LogP contribution in [-0.2, 0) is 4.74 Å². The van der Waals surface area contributed by atoms with Gasteiger partial charge < -0.3 is 15.0 Å². The molecular weight excluding hydrogens is 238 g/mol. The first-order valence-electron chi connectivity index (χ1n) is 7.28. The highest BCUT2D eigenvalue weighted by Gasteiger charge is 2.25. The van der Waals surface area contributed by atoms with E-state index in [1.807, 2.05) is 6.08 Å². The van der Waals surface area contributed by atoms with E-state index < -0.39 is 0 Å². The second-order valence-corrected chi connectivity index (χ2v) is 5.90. The van der Waals surface area contributed by atoms with Crippen LogP contribution in [0.1, 0.15) is 40.5 Å². The quantitative estimate of drug-likeness (QED) is 0.483. The molecule has 4 heteroatoms. The van der Waals surface area contributed by atoms with Crippen LogP contribution in [0.3, 0.4) is 0 Å². The smallest absolute Gasteiger partial charge is 0.194 e. The largest absolute Gasteiger partial charge is 0.372 e. The van der Waals surface area contributed by atoms with Crippen LogP contribution in [0, 0.1) is 0 Å². The summed E-state index contributed by atoms with van der Waals surface area (Å²) in [6, 6.07) is 0. The van der Waals surface area contributed by atoms with E-state index in [4.69, 9.17) is 4.74 Å². The summed E-state index contributed by atoms with van der Waals surface area (Å²) >= 11 is 0. The Bertz CT molecular complexity index is 299. The third-order valence-electron chi connectivity index (χ3n) is 2.97. The monoisotopic (exact) mass is 267 g/mol. The van der Waals surface area contributed by atoms with Crippen LogP contribution in [0.5, 0.6) is 0 Å². The van der Waals surface area contributed by atoms with E-state index in [9.17, 15) is 0 Å². The van der Waals surface area contributed by atoms with Gasteiger partial charge in [0, 0.05) is 19.6 Å². The van der Waals surface area contributed by atoms with Crippen molar-refractivity contribution in [2.75, 3.05) is 26.2 Å². The standard InChI is InChI=1S/C15H29N3O/c1-6-10-17-14(16-7-2)18-11-8-13(9-12-18)19-15(3,4)5/h6,13H,1,7-12H2,2-5H3,(H,16,17). The van der Waals surface area contributed by atoms with Gasteiger partial charge >= 0.3 is 0 Å². The van der Waals surface area contributed by atoms with Crippen LogP contribution < -0.4 is 5.32 Å². The van der Waals surface area contributed by atoms with Gasteiger partial charge in [-0.2, -0.15) is 0 Å². The van der Waals surface area contributed by atoms with Gasteiger partial charge in [0.15, 0.2) is 5.96 Å². The van der Waals surface area contributed by atoms with Gasteiger partial charge in [0.1, 0.15) is 0 Å². The summed E-state index contributed by atoms with van der Waals surface area (Å²) in [5.74, 6) is 0.997. The summed E-state index contributed by atoms with van der Waals surface area (Å²) in [4.78, 5) is 6.84. The molecule has 0 unspecified atom stereocenters. The number of piperidine rings is 1. The van der Waals surface area contributed by atoms with Crippen molar-refractivity contribution in [3.8, 4) is 0 Å². The first-order chi connectivity index (χ1) is 8.96. The van der Waals surface area contributed by atoms with E-state index in [0.717, 1.165) is 38.4 Å². The topological polar surface area (TPSA) is 36.9 Å². The molecule has 0 aromatic heterocycles. The lowest BCUT2D eigenvalue weighted by Gasteiger charge is -2.36. The molecule has 0 radical (unpaired) electrons. The summed E-state index contributed by atoms with van der Waals surface area (Å²) in [5, 5.41) is 3.34. The lowest BCUT2D eigenvalue weighted by atomic mass is 10.1. The predicted octanol–water partition coefficient (Wildman–Crippen LogP) is 2.42. The van der Waals surface area contributed by atoms with Crippen molar-refractivity contribution in [3.63, 3.8) is 0 Å². The molecule has 0 aliphatic carbocycles. The second kappa shape index (κ2) is 7.53. The van der Waals surface area contributed by atoms with Gasteiger partial charge in [-0.25, -0.2) is 4.99 Å². The molecule has 4 nitrogen and oxygen atoms in total. The summed E-state index contributed by atoms with van der Waals surface area (Å²) in [6.45, 7) is 15.7. The van der Waals surface area contributed by atoms with Crippen molar-refractivity contribution < 1.29 is 4.74 Å². The number of aliphatic imine (C=N–C) groups is 1. The normalized spacial score (nSPS) is 18.5. The van der Waals surface area contributed by atoms with Gasteiger partial charge in [-0.1, -0.05) is 6.08 Å². The minimum absolute atomic E-state index is 0.0474. The Labute approximate surface area is 117 Å². The van der Waals surface area contributed by atoms with E-state index >= 15 is 0 Å². The van der Waals surface area contributed by atoms with E-state index in [0.29, 0.717) is 12.6 Å². The van der Waals surface area contributed by atoms with Crippen molar-refractivity contribution in [3.05, 3.63) is 12.7 Å². The summed E-state index contributed by atoms with van der Waals surface area (Å²) in [6.07, 6.45) is 4.33. The summed E-state index contributed by atoms with van der Waals surface area (Å²) in [5.41, 5.74) is -0.0474. The van der Waals surface area contributed by atoms with Crippen molar-refractivity contribution in [2.45, 2.75) is 52.2 Å². The molecule has 110 valence electrons. The van der Waals surface area contributed by atoms with E-state index in [-0.39, 0.29) is 5.60 Å². The molecule has 0 amide bonds. The highest BCUT2D eigenvalue weighted by Crippen LogP contribution is 2.20. The van der Waals surface area contributed by atoms with Crippen LogP contribution in [0.4, 0.5) is 0 Å². The Hall–Kier alpha value is -1.03. The van der Waals surface area contributed by atoms with Crippen LogP contribution >= 0.6 is 0 Å². The van der Waals surface area contributed by atoms with Crippen molar-refractivity contribution in [1.82, 2.24) is 10.2 Å². The highest BCUT2D eigenvalue weighted by molar-refractivity contribution is 5.80. The summed E-state index contributed by atoms with van der Waals surface area (Å²) in [7, 11) is 0. The number of guanidine groups is 1. The third kappa shape index (κ3) is 6.10. The zero-order valence-corrected chi connectivity index (χ0v) is 12.9. The first-order valence-corrected chi connectivity index (χ1v) is 7.28. The van der Waals surface area contributed by atoms with E-state index in [1.54, 1.807) is 0 Å². The van der Waals surface area contributed by atoms with Gasteiger partial charge in [-0.3, -0.25) is 0 Å². The van der Waals surface area contributed by atoms with Gasteiger partial charge in [0.2, 0.25) is 0 Å². The zero-order chi connectivity index (χ0) is 14.3. The molecule has 1 fully saturated rings. The van der Waals surface area contributed by atoms with Crippen LogP contribution in [-0.4, -0.2) is 48.7 Å². The molecule has 19 heavy (non-hydrogen) atoms. The molecule has 1 aliphatic rings. The molecule has 1 rings (SSSR count). The number of nitrogens with one attached hydrogen (secondary N) is 1. The average molecular weight is 267 g/mol. The number of hydrogen-bond donors (Lipinski definition) is 1. The summed E-state index contributed by atoms with van der Waals surface area (Å²) < 4.78 is 6.04. The first kappa shape index (κ1) is 16.0. The SMILES string of the molecule is C=CCN=C(NCC)N1CCC(OC(C)(C)C)CC1. The predicted molar refractivity (Wildman–Crippen MR) is 81.6 cm³/mol. The molecule has 0 spiro atoms. The highest BCUT2D eigenvalue weighted by atomic mass is 16.5. The number of ether oxygens (including phenoxy) is 1. The van der Waals surface area contributed by atoms with Crippen LogP contribution in [0.25, 0.3) is 0 Å². The molecule has 0 atom stereocenters. The van der Waals surface area contributed by atoms with Gasteiger partial charge in [-0.15, -0.1) is 6.58 Å². The Morgan fingerprint density at radius 1 is 1.42 bits per heavy atom. The molecule has 0 saturated carbocycles. The van der Waals surface area contributed by atoms with Crippen LogP contribution in [0.2, 0.25) is 0 Å². The molecule has 1 N–H and O–H groups in total. The number of likely N-dealkylation sites (tertiary alicyclic amines) is 1. The molecule has 1 heterocycles. The lowest BCUT2D eigenvalue weighted by molar-refractivity contribution is -0.0772. The van der Waals surface area contributed by atoms with Gasteiger partial charge in [-0.05, 0) is 40.5 Å². The maximum atomic E-state index is 6.04. The Morgan fingerprint density at radius 2 is 2.05 bits per heavy atom. The minimum atomic E-state index is -0.0474. The zero-order valence-electron chi connectivity index (χ0n) is 12.9. The maximum absolute atomic E-state index is 6.04. The lowest BCUT2D eigenvalue weighted by Crippen LogP contribution is -2.48. The Kier molecular flexibility index (Phi) is 6.35. The molecule has 1 saturated heterocycles. The number of hydrogen-bond acceptors (Lipinski definition) is 2. The third-order valence-corrected chi connectivity index (χ3v) is 2.97. The van der Waals surface area contributed by atoms with Crippen molar-refractivity contribution >= 4 is 5.96 Å². The Morgan fingerprint density at radius 3 is 2.53 bits per heavy atom. The van der Waals surface area contributed by atoms with Crippen molar-refractivity contribution in [1.29, 1.82) is 0 Å². The van der Waals surface area contributed by atoms with Crippen molar-refractivity contribution in [2.24, 2.45) is 4.99 Å². The molecule has 1 aliphatic heterocycles. The van der Waals surface area contributed by atoms with Crippen LogP contribution in [0.15, 0.2) is 17.6 Å². The van der Waals surface area contributed by atoms with E-state index in [2.05, 4.69) is 49.5 Å². The number of rotatable bonds is 4. The molecule has 0 aromatic carbocycles. The number of nitrogens with zero attached hydrogens (tertiary/aromatic N) is 2. The molecule has 0 bridgehead atoms.